The molecular weight excluding hydrogens is 330 g/mol. The van der Waals surface area contributed by atoms with Crippen molar-refractivity contribution in [1.82, 2.24) is 15.5 Å². The molecule has 26 heavy (non-hydrogen) atoms. The van der Waals surface area contributed by atoms with Gasteiger partial charge in [0.15, 0.2) is 0 Å². The first kappa shape index (κ1) is 17.4. The molecule has 132 valence electrons. The van der Waals surface area contributed by atoms with Gasteiger partial charge in [-0.3, -0.25) is 14.7 Å². The van der Waals surface area contributed by atoms with Crippen molar-refractivity contribution in [2.45, 2.75) is 0 Å². The molecular formula is C19H19N5O2. The monoisotopic (exact) mass is 349 g/mol. The van der Waals surface area contributed by atoms with Crippen LogP contribution in [0.1, 0.15) is 20.7 Å². The normalized spacial score (nSPS) is 10.3. The quantitative estimate of drug-likeness (QED) is 0.545. The van der Waals surface area contributed by atoms with Crippen molar-refractivity contribution in [2.24, 2.45) is 5.73 Å². The third kappa shape index (κ3) is 3.96. The molecule has 3 aromatic rings. The SMILES string of the molecule is NCCNC(=O)c1ccccc1NC(=O)c1ccc(-c2cn[nH]c2)cc1. The number of benzene rings is 2. The van der Waals surface area contributed by atoms with E-state index >= 15 is 0 Å². The van der Waals surface area contributed by atoms with Crippen molar-refractivity contribution in [2.75, 3.05) is 18.4 Å². The number of anilines is 1. The highest BCUT2D eigenvalue weighted by molar-refractivity contribution is 6.09. The van der Waals surface area contributed by atoms with Crippen LogP contribution < -0.4 is 16.4 Å². The van der Waals surface area contributed by atoms with Gasteiger partial charge in [-0.25, -0.2) is 0 Å². The van der Waals surface area contributed by atoms with Crippen molar-refractivity contribution in [3.63, 3.8) is 0 Å². The third-order valence-corrected chi connectivity index (χ3v) is 3.83. The molecule has 0 aliphatic rings. The summed E-state index contributed by atoms with van der Waals surface area (Å²) in [4.78, 5) is 24.7. The Balaban J connectivity index is 1.75. The molecule has 0 aliphatic carbocycles. The van der Waals surface area contributed by atoms with Crippen molar-refractivity contribution < 1.29 is 9.59 Å². The molecule has 1 heterocycles. The van der Waals surface area contributed by atoms with Gasteiger partial charge in [-0.15, -0.1) is 0 Å². The lowest BCUT2D eigenvalue weighted by Crippen LogP contribution is -2.30. The number of H-pyrrole nitrogens is 1. The van der Waals surface area contributed by atoms with Gasteiger partial charge < -0.3 is 16.4 Å². The summed E-state index contributed by atoms with van der Waals surface area (Å²) < 4.78 is 0. The van der Waals surface area contributed by atoms with Crippen LogP contribution in [0.3, 0.4) is 0 Å². The van der Waals surface area contributed by atoms with E-state index in [0.717, 1.165) is 11.1 Å². The molecule has 1 aromatic heterocycles. The van der Waals surface area contributed by atoms with Crippen molar-refractivity contribution in [1.29, 1.82) is 0 Å². The molecule has 2 amide bonds. The van der Waals surface area contributed by atoms with E-state index in [-0.39, 0.29) is 11.8 Å². The molecule has 3 rings (SSSR count). The Kier molecular flexibility index (Phi) is 5.40. The van der Waals surface area contributed by atoms with E-state index in [1.807, 2.05) is 12.1 Å². The van der Waals surface area contributed by atoms with Crippen molar-refractivity contribution in [3.8, 4) is 11.1 Å². The molecule has 0 spiro atoms. The highest BCUT2D eigenvalue weighted by Crippen LogP contribution is 2.20. The highest BCUT2D eigenvalue weighted by atomic mass is 16.2. The molecule has 0 aliphatic heterocycles. The van der Waals surface area contributed by atoms with E-state index in [1.165, 1.54) is 0 Å². The minimum absolute atomic E-state index is 0.276. The van der Waals surface area contributed by atoms with Gasteiger partial charge in [-0.1, -0.05) is 24.3 Å². The summed E-state index contributed by atoms with van der Waals surface area (Å²) in [5, 5.41) is 12.2. The number of nitrogens with one attached hydrogen (secondary N) is 3. The Hall–Kier alpha value is -3.45. The van der Waals surface area contributed by atoms with Crippen LogP contribution >= 0.6 is 0 Å². The zero-order valence-corrected chi connectivity index (χ0v) is 14.0. The van der Waals surface area contributed by atoms with Gasteiger partial charge in [0, 0.05) is 30.4 Å². The fourth-order valence-corrected chi connectivity index (χ4v) is 2.49. The third-order valence-electron chi connectivity index (χ3n) is 3.83. The van der Waals surface area contributed by atoms with Gasteiger partial charge in [-0.2, -0.15) is 5.10 Å². The van der Waals surface area contributed by atoms with E-state index in [4.69, 9.17) is 5.73 Å². The summed E-state index contributed by atoms with van der Waals surface area (Å²) in [5.41, 5.74) is 8.64. The Morgan fingerprint density at radius 3 is 2.46 bits per heavy atom. The summed E-state index contributed by atoms with van der Waals surface area (Å²) in [7, 11) is 0. The van der Waals surface area contributed by atoms with Crippen molar-refractivity contribution >= 4 is 17.5 Å². The van der Waals surface area contributed by atoms with Crippen LogP contribution in [-0.2, 0) is 0 Å². The smallest absolute Gasteiger partial charge is 0.255 e. The number of hydrogen-bond donors (Lipinski definition) is 4. The fraction of sp³-hybridized carbons (Fsp3) is 0.105. The lowest BCUT2D eigenvalue weighted by molar-refractivity contribution is 0.0955. The molecule has 0 unspecified atom stereocenters. The fourth-order valence-electron chi connectivity index (χ4n) is 2.49. The predicted molar refractivity (Wildman–Crippen MR) is 99.8 cm³/mol. The zero-order valence-electron chi connectivity index (χ0n) is 14.0. The van der Waals surface area contributed by atoms with Gasteiger partial charge >= 0.3 is 0 Å². The number of hydrogen-bond acceptors (Lipinski definition) is 4. The maximum Gasteiger partial charge on any atom is 0.255 e. The number of para-hydroxylation sites is 1. The number of aromatic nitrogens is 2. The van der Waals surface area contributed by atoms with E-state index in [1.54, 1.807) is 48.8 Å². The van der Waals surface area contributed by atoms with E-state index in [0.29, 0.717) is 29.9 Å². The second-order valence-corrected chi connectivity index (χ2v) is 5.61. The summed E-state index contributed by atoms with van der Waals surface area (Å²) >= 11 is 0. The zero-order chi connectivity index (χ0) is 18.4. The number of aromatic amines is 1. The van der Waals surface area contributed by atoms with Crippen LogP contribution in [-0.4, -0.2) is 35.1 Å². The van der Waals surface area contributed by atoms with Crippen LogP contribution in [0.25, 0.3) is 11.1 Å². The Morgan fingerprint density at radius 1 is 1.00 bits per heavy atom. The Morgan fingerprint density at radius 2 is 1.77 bits per heavy atom. The molecule has 7 nitrogen and oxygen atoms in total. The van der Waals surface area contributed by atoms with Gasteiger partial charge in [0.25, 0.3) is 11.8 Å². The molecule has 0 fully saturated rings. The van der Waals surface area contributed by atoms with Crippen LogP contribution in [0.5, 0.6) is 0 Å². The second-order valence-electron chi connectivity index (χ2n) is 5.61. The summed E-state index contributed by atoms with van der Waals surface area (Å²) in [6, 6.07) is 14.0. The summed E-state index contributed by atoms with van der Waals surface area (Å²) in [6.07, 6.45) is 3.50. The van der Waals surface area contributed by atoms with Crippen LogP contribution in [0.2, 0.25) is 0 Å². The van der Waals surface area contributed by atoms with Crippen LogP contribution in [0, 0.1) is 0 Å². The Bertz CT molecular complexity index is 889. The summed E-state index contributed by atoms with van der Waals surface area (Å²) in [5.74, 6) is -0.565. The van der Waals surface area contributed by atoms with Gasteiger partial charge in [0.05, 0.1) is 17.4 Å². The largest absolute Gasteiger partial charge is 0.351 e. The number of carbonyl (C=O) groups excluding carboxylic acids is 2. The van der Waals surface area contributed by atoms with Crippen molar-refractivity contribution in [3.05, 3.63) is 72.1 Å². The maximum absolute atomic E-state index is 12.5. The molecule has 5 N–H and O–H groups in total. The summed E-state index contributed by atoms with van der Waals surface area (Å²) in [6.45, 7) is 0.722. The van der Waals surface area contributed by atoms with Gasteiger partial charge in [0.1, 0.15) is 0 Å². The van der Waals surface area contributed by atoms with Gasteiger partial charge in [0.2, 0.25) is 0 Å². The molecule has 0 saturated heterocycles. The number of rotatable bonds is 6. The second kappa shape index (κ2) is 8.09. The molecule has 7 heteroatoms. The topological polar surface area (TPSA) is 113 Å². The van der Waals surface area contributed by atoms with E-state index in [9.17, 15) is 9.59 Å². The molecule has 2 aromatic carbocycles. The standard InChI is InChI=1S/C19H19N5O2/c20-9-10-21-19(26)16-3-1-2-4-17(16)24-18(25)14-7-5-13(6-8-14)15-11-22-23-12-15/h1-8,11-12H,9-10,20H2,(H,21,26)(H,22,23)(H,24,25). The minimum Gasteiger partial charge on any atom is -0.351 e. The maximum atomic E-state index is 12.5. The first-order valence-corrected chi connectivity index (χ1v) is 8.17. The Labute approximate surface area is 150 Å². The first-order chi connectivity index (χ1) is 12.7. The number of nitrogens with two attached hydrogens (primary N) is 1. The number of nitrogens with zero attached hydrogens (tertiary/aromatic N) is 1. The van der Waals surface area contributed by atoms with E-state index in [2.05, 4.69) is 20.8 Å². The number of carbonyl (C=O) groups is 2. The first-order valence-electron chi connectivity index (χ1n) is 8.17. The lowest BCUT2D eigenvalue weighted by Gasteiger charge is -2.11. The lowest BCUT2D eigenvalue weighted by atomic mass is 10.1. The number of amides is 2. The minimum atomic E-state index is -0.289. The van der Waals surface area contributed by atoms with Crippen LogP contribution in [0.15, 0.2) is 60.9 Å². The predicted octanol–water partition coefficient (Wildman–Crippen LogP) is 2.02. The molecule has 0 atom stereocenters. The van der Waals surface area contributed by atoms with E-state index < -0.39 is 0 Å². The van der Waals surface area contributed by atoms with Gasteiger partial charge in [-0.05, 0) is 29.8 Å². The van der Waals surface area contributed by atoms with Crippen LogP contribution in [0.4, 0.5) is 5.69 Å². The molecule has 0 bridgehead atoms. The highest BCUT2D eigenvalue weighted by Gasteiger charge is 2.13. The molecule has 0 saturated carbocycles. The molecule has 0 radical (unpaired) electrons. The average Bonchev–Trinajstić information content (AvgIpc) is 3.21. The average molecular weight is 349 g/mol.